The second kappa shape index (κ2) is 9.42. The highest BCUT2D eigenvalue weighted by molar-refractivity contribution is 7.89. The first kappa shape index (κ1) is 23.9. The van der Waals surface area contributed by atoms with Gasteiger partial charge in [-0.15, -0.1) is 11.3 Å². The molecule has 31 heavy (non-hydrogen) atoms. The average molecular weight is 467 g/mol. The van der Waals surface area contributed by atoms with E-state index in [-0.39, 0.29) is 10.8 Å². The van der Waals surface area contributed by atoms with Crippen LogP contribution in [0.5, 0.6) is 0 Å². The standard InChI is InChI=1S/C22H34N4O3S2/c1-14(2)7-10-23-31(28,29)19-13-18(25(6)17(19)5)21-24-16(4)20(30-21)22(27)26-11-8-15(3)9-12-26/h13-15,23H,7-12H2,1-6H3. The van der Waals surface area contributed by atoms with Gasteiger partial charge in [0.15, 0.2) is 0 Å². The lowest BCUT2D eigenvalue weighted by molar-refractivity contribution is 0.0701. The Kier molecular flexibility index (Phi) is 7.28. The van der Waals surface area contributed by atoms with Gasteiger partial charge in [-0.1, -0.05) is 20.8 Å². The van der Waals surface area contributed by atoms with Crippen LogP contribution in [0.3, 0.4) is 0 Å². The highest BCUT2D eigenvalue weighted by Gasteiger charge is 2.27. The monoisotopic (exact) mass is 466 g/mol. The minimum absolute atomic E-state index is 0.0299. The molecule has 0 bridgehead atoms. The summed E-state index contributed by atoms with van der Waals surface area (Å²) in [7, 11) is -1.77. The molecule has 0 aliphatic carbocycles. The van der Waals surface area contributed by atoms with Gasteiger partial charge in [-0.2, -0.15) is 0 Å². The molecule has 0 atom stereocenters. The normalized spacial score (nSPS) is 15.8. The van der Waals surface area contributed by atoms with Crippen molar-refractivity contribution >= 4 is 27.3 Å². The summed E-state index contributed by atoms with van der Waals surface area (Å²) in [5, 5.41) is 0.667. The molecule has 0 spiro atoms. The van der Waals surface area contributed by atoms with Crippen LogP contribution >= 0.6 is 11.3 Å². The summed E-state index contributed by atoms with van der Waals surface area (Å²) >= 11 is 1.35. The Hall–Kier alpha value is -1.71. The summed E-state index contributed by atoms with van der Waals surface area (Å²) in [6, 6.07) is 1.67. The number of aromatic nitrogens is 2. The quantitative estimate of drug-likeness (QED) is 0.669. The lowest BCUT2D eigenvalue weighted by Gasteiger charge is -2.30. The fraction of sp³-hybridized carbons (Fsp3) is 0.636. The molecule has 1 fully saturated rings. The number of nitrogens with zero attached hydrogens (tertiary/aromatic N) is 3. The Morgan fingerprint density at radius 3 is 2.55 bits per heavy atom. The van der Waals surface area contributed by atoms with Gasteiger partial charge < -0.3 is 9.47 Å². The molecular formula is C22H34N4O3S2. The SMILES string of the molecule is Cc1nc(-c2cc(S(=O)(=O)NCCC(C)C)c(C)n2C)sc1C(=O)N1CCC(C)CC1. The second-order valence-corrected chi connectivity index (χ2v) is 11.8. The number of thiazole rings is 1. The highest BCUT2D eigenvalue weighted by Crippen LogP contribution is 2.33. The third kappa shape index (κ3) is 5.21. The number of hydrogen-bond donors (Lipinski definition) is 1. The van der Waals surface area contributed by atoms with Gasteiger partial charge in [0, 0.05) is 32.4 Å². The highest BCUT2D eigenvalue weighted by atomic mass is 32.2. The van der Waals surface area contributed by atoms with E-state index in [4.69, 9.17) is 0 Å². The molecule has 9 heteroatoms. The van der Waals surface area contributed by atoms with Crippen molar-refractivity contribution in [2.24, 2.45) is 18.9 Å². The Morgan fingerprint density at radius 1 is 1.29 bits per heavy atom. The van der Waals surface area contributed by atoms with Crippen molar-refractivity contribution in [3.05, 3.63) is 22.3 Å². The Labute approximate surface area is 189 Å². The van der Waals surface area contributed by atoms with E-state index in [1.807, 2.05) is 23.4 Å². The minimum Gasteiger partial charge on any atom is -0.345 e. The molecule has 1 saturated heterocycles. The van der Waals surface area contributed by atoms with Crippen molar-refractivity contribution < 1.29 is 13.2 Å². The van der Waals surface area contributed by atoms with Crippen LogP contribution in [-0.4, -0.2) is 48.4 Å². The molecule has 1 aliphatic rings. The molecule has 1 amide bonds. The number of aryl methyl sites for hydroxylation is 1. The van der Waals surface area contributed by atoms with E-state index < -0.39 is 10.0 Å². The van der Waals surface area contributed by atoms with Crippen LogP contribution in [-0.2, 0) is 17.1 Å². The number of carbonyl (C=O) groups excluding carboxylic acids is 1. The van der Waals surface area contributed by atoms with Crippen molar-refractivity contribution in [2.45, 2.75) is 58.8 Å². The fourth-order valence-corrected chi connectivity index (χ4v) is 6.19. The van der Waals surface area contributed by atoms with Crippen molar-refractivity contribution in [3.8, 4) is 10.7 Å². The summed E-state index contributed by atoms with van der Waals surface area (Å²) in [6.45, 7) is 12.0. The molecule has 3 rings (SSSR count). The van der Waals surface area contributed by atoms with E-state index in [2.05, 4.69) is 30.5 Å². The summed E-state index contributed by atoms with van der Waals surface area (Å²) in [4.78, 5) is 20.5. The predicted molar refractivity (Wildman–Crippen MR) is 125 cm³/mol. The van der Waals surface area contributed by atoms with Gasteiger partial charge in [-0.3, -0.25) is 4.79 Å². The van der Waals surface area contributed by atoms with Crippen LogP contribution in [0.1, 0.15) is 61.1 Å². The van der Waals surface area contributed by atoms with Gasteiger partial charge in [0.05, 0.1) is 11.4 Å². The molecule has 7 nitrogen and oxygen atoms in total. The fourth-order valence-electron chi connectivity index (χ4n) is 3.77. The zero-order chi connectivity index (χ0) is 22.9. The van der Waals surface area contributed by atoms with E-state index >= 15 is 0 Å². The first-order valence-electron chi connectivity index (χ1n) is 10.9. The van der Waals surface area contributed by atoms with Gasteiger partial charge >= 0.3 is 0 Å². The lowest BCUT2D eigenvalue weighted by atomic mass is 9.99. The van der Waals surface area contributed by atoms with E-state index in [1.54, 1.807) is 13.0 Å². The van der Waals surface area contributed by atoms with E-state index in [9.17, 15) is 13.2 Å². The third-order valence-corrected chi connectivity index (χ3v) is 8.82. The maximum absolute atomic E-state index is 13.0. The van der Waals surface area contributed by atoms with Crippen LogP contribution in [0.4, 0.5) is 0 Å². The van der Waals surface area contributed by atoms with Gasteiger partial charge in [0.1, 0.15) is 14.8 Å². The summed E-state index contributed by atoms with van der Waals surface area (Å²) in [5.74, 6) is 1.11. The Balaban J connectivity index is 1.86. The topological polar surface area (TPSA) is 84.3 Å². The van der Waals surface area contributed by atoms with Gasteiger partial charge in [0.25, 0.3) is 5.91 Å². The largest absolute Gasteiger partial charge is 0.345 e. The third-order valence-electron chi connectivity index (χ3n) is 6.07. The number of carbonyl (C=O) groups is 1. The average Bonchev–Trinajstić information content (AvgIpc) is 3.22. The summed E-state index contributed by atoms with van der Waals surface area (Å²) in [5.41, 5.74) is 2.06. The molecule has 1 N–H and O–H groups in total. The van der Waals surface area contributed by atoms with Crippen LogP contribution in [0, 0.1) is 25.7 Å². The van der Waals surface area contributed by atoms with E-state index in [0.29, 0.717) is 45.3 Å². The molecule has 1 aliphatic heterocycles. The molecule has 0 saturated carbocycles. The van der Waals surface area contributed by atoms with Gasteiger partial charge in [-0.25, -0.2) is 18.1 Å². The van der Waals surface area contributed by atoms with Crippen molar-refractivity contribution in [1.82, 2.24) is 19.2 Å². The Bertz CT molecular complexity index is 1050. The molecule has 0 aromatic carbocycles. The number of piperidine rings is 1. The first-order chi connectivity index (χ1) is 14.5. The van der Waals surface area contributed by atoms with Crippen LogP contribution < -0.4 is 4.72 Å². The number of likely N-dealkylation sites (tertiary alicyclic amines) is 1. The van der Waals surface area contributed by atoms with E-state index in [1.165, 1.54) is 11.3 Å². The van der Waals surface area contributed by atoms with Gasteiger partial charge in [-0.05, 0) is 51.0 Å². The van der Waals surface area contributed by atoms with Gasteiger partial charge in [0.2, 0.25) is 10.0 Å². The van der Waals surface area contributed by atoms with Crippen molar-refractivity contribution in [1.29, 1.82) is 0 Å². The molecule has 172 valence electrons. The molecule has 2 aromatic heterocycles. The minimum atomic E-state index is -3.61. The zero-order valence-electron chi connectivity index (χ0n) is 19.4. The summed E-state index contributed by atoms with van der Waals surface area (Å²) < 4.78 is 30.2. The first-order valence-corrected chi connectivity index (χ1v) is 13.2. The maximum atomic E-state index is 13.0. The summed E-state index contributed by atoms with van der Waals surface area (Å²) in [6.07, 6.45) is 2.83. The van der Waals surface area contributed by atoms with E-state index in [0.717, 1.165) is 32.4 Å². The molecule has 3 heterocycles. The van der Waals surface area contributed by atoms with Crippen molar-refractivity contribution in [3.63, 3.8) is 0 Å². The number of hydrogen-bond acceptors (Lipinski definition) is 5. The lowest BCUT2D eigenvalue weighted by Crippen LogP contribution is -2.37. The number of nitrogens with one attached hydrogen (secondary N) is 1. The molecule has 0 unspecified atom stereocenters. The van der Waals surface area contributed by atoms with Crippen LogP contribution in [0.15, 0.2) is 11.0 Å². The smallest absolute Gasteiger partial charge is 0.265 e. The van der Waals surface area contributed by atoms with Crippen LogP contribution in [0.25, 0.3) is 10.7 Å². The molecular weight excluding hydrogens is 432 g/mol. The maximum Gasteiger partial charge on any atom is 0.265 e. The van der Waals surface area contributed by atoms with Crippen LogP contribution in [0.2, 0.25) is 0 Å². The second-order valence-electron chi connectivity index (χ2n) is 9.03. The number of amides is 1. The molecule has 0 radical (unpaired) electrons. The Morgan fingerprint density at radius 2 is 1.94 bits per heavy atom. The predicted octanol–water partition coefficient (Wildman–Crippen LogP) is 3.96. The number of sulfonamides is 1. The zero-order valence-corrected chi connectivity index (χ0v) is 21.0. The molecule has 2 aromatic rings. The number of rotatable bonds is 7. The van der Waals surface area contributed by atoms with Crippen molar-refractivity contribution in [2.75, 3.05) is 19.6 Å².